The van der Waals surface area contributed by atoms with E-state index >= 15 is 0 Å². The third-order valence-corrected chi connectivity index (χ3v) is 2.29. The molecule has 0 aliphatic rings. The first kappa shape index (κ1) is 12.9. The van der Waals surface area contributed by atoms with Crippen molar-refractivity contribution in [1.82, 2.24) is 0 Å². The van der Waals surface area contributed by atoms with Crippen molar-refractivity contribution in [3.63, 3.8) is 0 Å². The molecule has 0 aliphatic heterocycles. The first-order valence-corrected chi connectivity index (χ1v) is 5.25. The van der Waals surface area contributed by atoms with E-state index in [4.69, 9.17) is 16.3 Å². The van der Waals surface area contributed by atoms with Crippen LogP contribution in [0.4, 0.5) is 4.39 Å². The molecular weight excluding hydrogens is 235 g/mol. The number of carbonyl (C=O) groups excluding carboxylic acids is 1. The maximum atomic E-state index is 12.9. The summed E-state index contributed by atoms with van der Waals surface area (Å²) in [5, 5.41) is 9.19. The van der Waals surface area contributed by atoms with Gasteiger partial charge in [0.1, 0.15) is 24.3 Å². The number of hydrogen-bond acceptors (Lipinski definition) is 3. The molecule has 0 fully saturated rings. The van der Waals surface area contributed by atoms with Crippen LogP contribution in [0.3, 0.4) is 0 Å². The Labute approximate surface area is 97.8 Å². The topological polar surface area (TPSA) is 46.5 Å². The lowest BCUT2D eigenvalue weighted by Crippen LogP contribution is -2.19. The van der Waals surface area contributed by atoms with Crippen molar-refractivity contribution >= 4 is 17.4 Å². The molecule has 3 nitrogen and oxygen atoms in total. The molecule has 1 aromatic rings. The number of rotatable bonds is 5. The Morgan fingerprint density at radius 2 is 2.31 bits per heavy atom. The molecule has 0 aromatic heterocycles. The van der Waals surface area contributed by atoms with E-state index in [9.17, 15) is 14.3 Å². The lowest BCUT2D eigenvalue weighted by molar-refractivity contribution is 0.0996. The Morgan fingerprint density at radius 3 is 2.88 bits per heavy atom. The summed E-state index contributed by atoms with van der Waals surface area (Å²) < 4.78 is 18.1. The van der Waals surface area contributed by atoms with Crippen LogP contribution in [-0.4, -0.2) is 29.5 Å². The summed E-state index contributed by atoms with van der Waals surface area (Å²) in [6.07, 6.45) is -0.813. The molecule has 16 heavy (non-hydrogen) atoms. The van der Waals surface area contributed by atoms with E-state index in [0.29, 0.717) is 0 Å². The highest BCUT2D eigenvalue weighted by Gasteiger charge is 2.11. The quantitative estimate of drug-likeness (QED) is 0.639. The largest absolute Gasteiger partial charge is 0.490 e. The fourth-order valence-corrected chi connectivity index (χ4v) is 1.22. The third kappa shape index (κ3) is 3.47. The van der Waals surface area contributed by atoms with Crippen LogP contribution in [0.1, 0.15) is 17.3 Å². The zero-order valence-corrected chi connectivity index (χ0v) is 9.50. The standard InChI is InChI=1S/C11H12ClFO3/c1-7(14)10-4-8(13)2-3-11(10)16-6-9(15)5-12/h2-4,9,15H,5-6H2,1H3. The minimum absolute atomic E-state index is 0.0323. The highest BCUT2D eigenvalue weighted by molar-refractivity contribution is 6.18. The summed E-state index contributed by atoms with van der Waals surface area (Å²) in [4.78, 5) is 11.2. The second-order valence-electron chi connectivity index (χ2n) is 3.32. The van der Waals surface area contributed by atoms with Crippen molar-refractivity contribution in [3.05, 3.63) is 29.6 Å². The average Bonchev–Trinajstić information content (AvgIpc) is 2.26. The van der Waals surface area contributed by atoms with Gasteiger partial charge in [-0.25, -0.2) is 4.39 Å². The summed E-state index contributed by atoms with van der Waals surface area (Å²) in [5.41, 5.74) is 0.154. The average molecular weight is 247 g/mol. The number of ketones is 1. The molecule has 1 N–H and O–H groups in total. The van der Waals surface area contributed by atoms with Crippen molar-refractivity contribution in [2.24, 2.45) is 0 Å². The van der Waals surface area contributed by atoms with Crippen LogP contribution in [0.5, 0.6) is 5.75 Å². The van der Waals surface area contributed by atoms with E-state index in [1.807, 2.05) is 0 Å². The Bertz CT molecular complexity index is 381. The second-order valence-corrected chi connectivity index (χ2v) is 3.62. The highest BCUT2D eigenvalue weighted by atomic mass is 35.5. The zero-order chi connectivity index (χ0) is 12.1. The van der Waals surface area contributed by atoms with Gasteiger partial charge in [0.15, 0.2) is 5.78 Å². The number of ether oxygens (including phenoxy) is 1. The molecule has 88 valence electrons. The summed E-state index contributed by atoms with van der Waals surface area (Å²) >= 11 is 5.39. The Balaban J connectivity index is 2.82. The van der Waals surface area contributed by atoms with E-state index in [0.717, 1.165) is 6.07 Å². The van der Waals surface area contributed by atoms with Crippen LogP contribution in [0.2, 0.25) is 0 Å². The van der Waals surface area contributed by atoms with Crippen LogP contribution < -0.4 is 4.74 Å². The molecule has 0 radical (unpaired) electrons. The van der Waals surface area contributed by atoms with Gasteiger partial charge in [0.25, 0.3) is 0 Å². The van der Waals surface area contributed by atoms with Gasteiger partial charge < -0.3 is 9.84 Å². The normalized spacial score (nSPS) is 12.2. The molecule has 0 heterocycles. The zero-order valence-electron chi connectivity index (χ0n) is 8.74. The number of hydrogen-bond donors (Lipinski definition) is 1. The van der Waals surface area contributed by atoms with Crippen LogP contribution in [0.15, 0.2) is 18.2 Å². The van der Waals surface area contributed by atoms with Gasteiger partial charge in [-0.3, -0.25) is 4.79 Å². The number of halogens is 2. The van der Waals surface area contributed by atoms with Gasteiger partial charge >= 0.3 is 0 Å². The van der Waals surface area contributed by atoms with E-state index in [2.05, 4.69) is 0 Å². The molecule has 1 aromatic carbocycles. The Hall–Kier alpha value is -1.13. The van der Waals surface area contributed by atoms with Crippen molar-refractivity contribution < 1.29 is 19.0 Å². The lowest BCUT2D eigenvalue weighted by atomic mass is 10.1. The number of aliphatic hydroxyl groups is 1. The van der Waals surface area contributed by atoms with Crippen molar-refractivity contribution in [1.29, 1.82) is 0 Å². The fourth-order valence-electron chi connectivity index (χ4n) is 1.13. The lowest BCUT2D eigenvalue weighted by Gasteiger charge is -2.12. The highest BCUT2D eigenvalue weighted by Crippen LogP contribution is 2.20. The summed E-state index contributed by atoms with van der Waals surface area (Å²) in [7, 11) is 0. The molecule has 0 saturated heterocycles. The maximum Gasteiger partial charge on any atom is 0.163 e. The monoisotopic (exact) mass is 246 g/mol. The minimum atomic E-state index is -0.813. The van der Waals surface area contributed by atoms with Gasteiger partial charge in [-0.1, -0.05) is 0 Å². The van der Waals surface area contributed by atoms with E-state index < -0.39 is 11.9 Å². The van der Waals surface area contributed by atoms with Gasteiger partial charge in [-0.05, 0) is 25.1 Å². The Morgan fingerprint density at radius 1 is 1.62 bits per heavy atom. The van der Waals surface area contributed by atoms with Crippen LogP contribution >= 0.6 is 11.6 Å². The van der Waals surface area contributed by atoms with Gasteiger partial charge in [-0.15, -0.1) is 11.6 Å². The van der Waals surface area contributed by atoms with Crippen molar-refractivity contribution in [3.8, 4) is 5.75 Å². The first-order valence-electron chi connectivity index (χ1n) is 4.72. The summed E-state index contributed by atoms with van der Waals surface area (Å²) in [6.45, 7) is 1.29. The van der Waals surface area contributed by atoms with Crippen LogP contribution in [0.25, 0.3) is 0 Å². The number of alkyl halides is 1. The number of Topliss-reactive ketones (excluding diaryl/α,β-unsaturated/α-hetero) is 1. The van der Waals surface area contributed by atoms with Crippen LogP contribution in [-0.2, 0) is 0 Å². The summed E-state index contributed by atoms with van der Waals surface area (Å²) in [6, 6.07) is 3.65. The van der Waals surface area contributed by atoms with Crippen molar-refractivity contribution in [2.75, 3.05) is 12.5 Å². The van der Waals surface area contributed by atoms with E-state index in [1.54, 1.807) is 0 Å². The number of carbonyl (C=O) groups is 1. The number of aliphatic hydroxyl groups excluding tert-OH is 1. The maximum absolute atomic E-state index is 12.9. The predicted molar refractivity (Wildman–Crippen MR) is 58.6 cm³/mol. The van der Waals surface area contributed by atoms with Gasteiger partial charge in [0.2, 0.25) is 0 Å². The fraction of sp³-hybridized carbons (Fsp3) is 0.364. The van der Waals surface area contributed by atoms with E-state index in [-0.39, 0.29) is 29.6 Å². The molecule has 0 bridgehead atoms. The molecular formula is C11H12ClFO3. The molecule has 0 spiro atoms. The molecule has 0 amide bonds. The SMILES string of the molecule is CC(=O)c1cc(F)ccc1OCC(O)CCl. The third-order valence-electron chi connectivity index (χ3n) is 1.93. The van der Waals surface area contributed by atoms with Gasteiger partial charge in [0.05, 0.1) is 11.4 Å². The molecule has 1 rings (SSSR count). The summed E-state index contributed by atoms with van der Waals surface area (Å²) in [5.74, 6) is -0.514. The smallest absolute Gasteiger partial charge is 0.163 e. The van der Waals surface area contributed by atoms with E-state index in [1.165, 1.54) is 19.1 Å². The molecule has 5 heteroatoms. The Kier molecular flexibility index (Phi) is 4.71. The second kappa shape index (κ2) is 5.82. The minimum Gasteiger partial charge on any atom is -0.490 e. The van der Waals surface area contributed by atoms with Crippen LogP contribution in [0, 0.1) is 5.82 Å². The predicted octanol–water partition coefficient (Wildman–Crippen LogP) is 2.01. The van der Waals surface area contributed by atoms with Crippen molar-refractivity contribution in [2.45, 2.75) is 13.0 Å². The van der Waals surface area contributed by atoms with Gasteiger partial charge in [-0.2, -0.15) is 0 Å². The molecule has 1 atom stereocenters. The number of benzene rings is 1. The van der Waals surface area contributed by atoms with Gasteiger partial charge in [0, 0.05) is 0 Å². The molecule has 1 unspecified atom stereocenters. The molecule has 0 saturated carbocycles. The first-order chi connectivity index (χ1) is 7.54. The molecule has 0 aliphatic carbocycles.